The summed E-state index contributed by atoms with van der Waals surface area (Å²) >= 11 is 0. The standard InChI is InChI=1S/C19H24N2O3/c1-13-5-8-15(9-6-13)21(2)19(22)10-7-14-11-16(20)18(24-4)12-17(14)23-3/h5-6,8-9,11-12H,7,10,20H2,1-4H3. The third-order valence-corrected chi connectivity index (χ3v) is 4.04. The summed E-state index contributed by atoms with van der Waals surface area (Å²) in [4.78, 5) is 14.1. The Labute approximate surface area is 143 Å². The Hall–Kier alpha value is -2.69. The molecule has 0 radical (unpaired) electrons. The highest BCUT2D eigenvalue weighted by molar-refractivity contribution is 5.93. The number of carbonyl (C=O) groups excluding carboxylic acids is 1. The second kappa shape index (κ2) is 7.73. The molecule has 0 aliphatic heterocycles. The van der Waals surface area contributed by atoms with Gasteiger partial charge in [-0.25, -0.2) is 0 Å². The van der Waals surface area contributed by atoms with Crippen LogP contribution in [0, 0.1) is 6.92 Å². The quantitative estimate of drug-likeness (QED) is 0.827. The highest BCUT2D eigenvalue weighted by Gasteiger charge is 2.14. The van der Waals surface area contributed by atoms with E-state index >= 15 is 0 Å². The van der Waals surface area contributed by atoms with Crippen LogP contribution >= 0.6 is 0 Å². The number of nitrogens with two attached hydrogens (primary N) is 1. The van der Waals surface area contributed by atoms with Crippen LogP contribution < -0.4 is 20.1 Å². The van der Waals surface area contributed by atoms with E-state index in [9.17, 15) is 4.79 Å². The average molecular weight is 328 g/mol. The van der Waals surface area contributed by atoms with Crippen LogP contribution in [0.2, 0.25) is 0 Å². The van der Waals surface area contributed by atoms with Crippen molar-refractivity contribution in [2.75, 3.05) is 31.9 Å². The second-order valence-corrected chi connectivity index (χ2v) is 5.69. The van der Waals surface area contributed by atoms with Crippen LogP contribution in [0.4, 0.5) is 11.4 Å². The highest BCUT2D eigenvalue weighted by Crippen LogP contribution is 2.31. The fraction of sp³-hybridized carbons (Fsp3) is 0.316. The van der Waals surface area contributed by atoms with E-state index in [0.717, 1.165) is 16.8 Å². The van der Waals surface area contributed by atoms with Crippen molar-refractivity contribution in [1.82, 2.24) is 0 Å². The van der Waals surface area contributed by atoms with E-state index < -0.39 is 0 Å². The first-order valence-electron chi connectivity index (χ1n) is 7.80. The summed E-state index contributed by atoms with van der Waals surface area (Å²) in [6, 6.07) is 11.4. The number of carbonyl (C=O) groups is 1. The number of anilines is 2. The number of hydrogen-bond donors (Lipinski definition) is 1. The van der Waals surface area contributed by atoms with Crippen molar-refractivity contribution >= 4 is 17.3 Å². The van der Waals surface area contributed by atoms with Gasteiger partial charge in [0.15, 0.2) is 0 Å². The fourth-order valence-electron chi connectivity index (χ4n) is 2.51. The number of amides is 1. The minimum atomic E-state index is 0.0373. The van der Waals surface area contributed by atoms with Gasteiger partial charge in [-0.15, -0.1) is 0 Å². The first-order valence-corrected chi connectivity index (χ1v) is 7.80. The van der Waals surface area contributed by atoms with E-state index in [-0.39, 0.29) is 5.91 Å². The summed E-state index contributed by atoms with van der Waals surface area (Å²) in [6.07, 6.45) is 0.916. The molecule has 24 heavy (non-hydrogen) atoms. The summed E-state index contributed by atoms with van der Waals surface area (Å²) in [5.74, 6) is 1.28. The first kappa shape index (κ1) is 17.7. The van der Waals surface area contributed by atoms with Gasteiger partial charge in [-0.05, 0) is 37.1 Å². The van der Waals surface area contributed by atoms with E-state index in [2.05, 4.69) is 0 Å². The number of rotatable bonds is 6. The molecule has 0 fully saturated rings. The van der Waals surface area contributed by atoms with Gasteiger partial charge in [-0.3, -0.25) is 4.79 Å². The Morgan fingerprint density at radius 1 is 1.08 bits per heavy atom. The minimum absolute atomic E-state index is 0.0373. The third-order valence-electron chi connectivity index (χ3n) is 4.04. The molecule has 0 aliphatic carbocycles. The van der Waals surface area contributed by atoms with Crippen LogP contribution in [0.3, 0.4) is 0 Å². The Balaban J connectivity index is 2.08. The van der Waals surface area contributed by atoms with Gasteiger partial charge in [0, 0.05) is 25.2 Å². The Kier molecular flexibility index (Phi) is 5.68. The maximum Gasteiger partial charge on any atom is 0.227 e. The molecule has 1 amide bonds. The zero-order valence-corrected chi connectivity index (χ0v) is 14.6. The molecule has 128 valence electrons. The lowest BCUT2D eigenvalue weighted by Gasteiger charge is -2.18. The van der Waals surface area contributed by atoms with E-state index in [4.69, 9.17) is 15.2 Å². The number of hydrogen-bond acceptors (Lipinski definition) is 4. The van der Waals surface area contributed by atoms with E-state index in [1.54, 1.807) is 38.3 Å². The van der Waals surface area contributed by atoms with Crippen molar-refractivity contribution in [3.05, 3.63) is 47.5 Å². The Morgan fingerprint density at radius 2 is 1.71 bits per heavy atom. The lowest BCUT2D eigenvalue weighted by molar-refractivity contribution is -0.118. The molecule has 0 aliphatic rings. The molecule has 5 heteroatoms. The Morgan fingerprint density at radius 3 is 2.29 bits per heavy atom. The highest BCUT2D eigenvalue weighted by atomic mass is 16.5. The summed E-state index contributed by atoms with van der Waals surface area (Å²) in [7, 11) is 4.94. The molecular weight excluding hydrogens is 304 g/mol. The predicted molar refractivity (Wildman–Crippen MR) is 96.9 cm³/mol. The minimum Gasteiger partial charge on any atom is -0.496 e. The van der Waals surface area contributed by atoms with Gasteiger partial charge in [0.25, 0.3) is 0 Å². The molecule has 0 saturated heterocycles. The van der Waals surface area contributed by atoms with Gasteiger partial charge in [-0.2, -0.15) is 0 Å². The smallest absolute Gasteiger partial charge is 0.227 e. The third kappa shape index (κ3) is 3.98. The molecule has 2 aromatic carbocycles. The van der Waals surface area contributed by atoms with E-state index in [1.807, 2.05) is 31.2 Å². The monoisotopic (exact) mass is 328 g/mol. The lowest BCUT2D eigenvalue weighted by atomic mass is 10.1. The Bertz CT molecular complexity index is 711. The summed E-state index contributed by atoms with van der Waals surface area (Å²) in [5.41, 5.74) is 9.42. The molecule has 2 N–H and O–H groups in total. The van der Waals surface area contributed by atoms with Gasteiger partial charge in [0.1, 0.15) is 11.5 Å². The number of methoxy groups -OCH3 is 2. The molecule has 0 aromatic heterocycles. The van der Waals surface area contributed by atoms with Crippen molar-refractivity contribution in [2.24, 2.45) is 0 Å². The largest absolute Gasteiger partial charge is 0.496 e. The van der Waals surface area contributed by atoms with Crippen LogP contribution in [-0.2, 0) is 11.2 Å². The molecule has 2 rings (SSSR count). The van der Waals surface area contributed by atoms with Gasteiger partial charge in [-0.1, -0.05) is 17.7 Å². The van der Waals surface area contributed by atoms with Crippen molar-refractivity contribution in [2.45, 2.75) is 19.8 Å². The topological polar surface area (TPSA) is 64.8 Å². The van der Waals surface area contributed by atoms with Gasteiger partial charge in [0.2, 0.25) is 5.91 Å². The van der Waals surface area contributed by atoms with Gasteiger partial charge in [0.05, 0.1) is 19.9 Å². The summed E-state index contributed by atoms with van der Waals surface area (Å²) in [5, 5.41) is 0. The predicted octanol–water partition coefficient (Wildman–Crippen LogP) is 3.19. The zero-order chi connectivity index (χ0) is 17.7. The molecule has 0 atom stereocenters. The maximum absolute atomic E-state index is 12.4. The molecule has 0 bridgehead atoms. The first-order chi connectivity index (χ1) is 11.5. The van der Waals surface area contributed by atoms with Gasteiger partial charge < -0.3 is 20.1 Å². The average Bonchev–Trinajstić information content (AvgIpc) is 2.59. The maximum atomic E-state index is 12.4. The second-order valence-electron chi connectivity index (χ2n) is 5.69. The molecule has 2 aromatic rings. The van der Waals surface area contributed by atoms with Crippen LogP contribution in [-0.4, -0.2) is 27.2 Å². The van der Waals surface area contributed by atoms with Crippen molar-refractivity contribution in [3.8, 4) is 11.5 Å². The molecule has 0 spiro atoms. The number of nitrogen functional groups attached to an aromatic ring is 1. The zero-order valence-electron chi connectivity index (χ0n) is 14.6. The van der Waals surface area contributed by atoms with Crippen molar-refractivity contribution in [1.29, 1.82) is 0 Å². The van der Waals surface area contributed by atoms with E-state index in [0.29, 0.717) is 30.0 Å². The molecule has 0 heterocycles. The number of benzene rings is 2. The number of aryl methyl sites for hydroxylation is 2. The number of nitrogens with zero attached hydrogens (tertiary/aromatic N) is 1. The van der Waals surface area contributed by atoms with Crippen LogP contribution in [0.25, 0.3) is 0 Å². The molecule has 0 saturated carbocycles. The van der Waals surface area contributed by atoms with E-state index in [1.165, 1.54) is 0 Å². The normalized spacial score (nSPS) is 10.3. The van der Waals surface area contributed by atoms with Gasteiger partial charge >= 0.3 is 0 Å². The molecule has 0 unspecified atom stereocenters. The number of ether oxygens (including phenoxy) is 2. The summed E-state index contributed by atoms with van der Waals surface area (Å²) in [6.45, 7) is 2.02. The van der Waals surface area contributed by atoms with Crippen LogP contribution in [0.5, 0.6) is 11.5 Å². The van der Waals surface area contributed by atoms with Crippen molar-refractivity contribution in [3.63, 3.8) is 0 Å². The lowest BCUT2D eigenvalue weighted by Crippen LogP contribution is -2.26. The fourth-order valence-corrected chi connectivity index (χ4v) is 2.51. The van der Waals surface area contributed by atoms with Crippen LogP contribution in [0.15, 0.2) is 36.4 Å². The van der Waals surface area contributed by atoms with Crippen LogP contribution in [0.1, 0.15) is 17.5 Å². The van der Waals surface area contributed by atoms with Crippen molar-refractivity contribution < 1.29 is 14.3 Å². The summed E-state index contributed by atoms with van der Waals surface area (Å²) < 4.78 is 10.6. The molecule has 5 nitrogen and oxygen atoms in total. The molecular formula is C19H24N2O3. The SMILES string of the molecule is COc1cc(OC)c(CCC(=O)N(C)c2ccc(C)cc2)cc1N.